The quantitative estimate of drug-likeness (QED) is 0.581. The van der Waals surface area contributed by atoms with E-state index in [4.69, 9.17) is 9.47 Å². The molecular weight excluding hydrogens is 339 g/mol. The van der Waals surface area contributed by atoms with Crippen molar-refractivity contribution >= 4 is 22.6 Å². The van der Waals surface area contributed by atoms with Crippen LogP contribution < -0.4 is 0 Å². The van der Waals surface area contributed by atoms with Crippen LogP contribution in [0, 0.1) is 0 Å². The Kier molecular flexibility index (Phi) is 5.92. The number of hydrogen-bond acceptors (Lipinski definition) is 2. The highest BCUT2D eigenvalue weighted by atomic mass is 127. The fourth-order valence-electron chi connectivity index (χ4n) is 2.54. The van der Waals surface area contributed by atoms with Crippen LogP contribution in [0.2, 0.25) is 0 Å². The summed E-state index contributed by atoms with van der Waals surface area (Å²) in [4.78, 5) is 0. The molecule has 0 aromatic heterocycles. The van der Waals surface area contributed by atoms with E-state index >= 15 is 0 Å². The zero-order valence-corrected chi connectivity index (χ0v) is 13.0. The first-order valence-corrected chi connectivity index (χ1v) is 8.15. The molecule has 2 rings (SSSR count). The van der Waals surface area contributed by atoms with E-state index in [9.17, 15) is 0 Å². The molecule has 0 N–H and O–H groups in total. The normalized spacial score (nSPS) is 25.9. The van der Waals surface area contributed by atoms with E-state index in [2.05, 4.69) is 52.9 Å². The van der Waals surface area contributed by atoms with Crippen molar-refractivity contribution in [2.45, 2.75) is 44.0 Å². The van der Waals surface area contributed by atoms with Crippen LogP contribution in [0.5, 0.6) is 0 Å². The first-order chi connectivity index (χ1) is 8.83. The van der Waals surface area contributed by atoms with Crippen LogP contribution in [0.4, 0.5) is 0 Å². The molecule has 100 valence electrons. The van der Waals surface area contributed by atoms with Gasteiger partial charge < -0.3 is 9.47 Å². The molecule has 1 saturated carbocycles. The second kappa shape index (κ2) is 7.46. The van der Waals surface area contributed by atoms with E-state index in [1.807, 2.05) is 0 Å². The fraction of sp³-hybridized carbons (Fsp3) is 0.600. The van der Waals surface area contributed by atoms with Gasteiger partial charge in [0.1, 0.15) is 0 Å². The topological polar surface area (TPSA) is 18.5 Å². The minimum atomic E-state index is 0.215. The summed E-state index contributed by atoms with van der Waals surface area (Å²) in [5.41, 5.74) is 1.28. The standard InChI is InChI=1S/C15H21IO2/c1-17-13-8-5-9-14(10-13)18-15(11-16)12-6-3-2-4-7-12/h2-4,6-7,13-15H,5,8-11H2,1H3. The lowest BCUT2D eigenvalue weighted by Crippen LogP contribution is -2.29. The van der Waals surface area contributed by atoms with Crippen molar-refractivity contribution in [2.75, 3.05) is 11.5 Å². The summed E-state index contributed by atoms with van der Waals surface area (Å²) in [5, 5.41) is 0. The molecule has 1 aliphatic carbocycles. The maximum atomic E-state index is 6.27. The lowest BCUT2D eigenvalue weighted by molar-refractivity contribution is -0.0578. The van der Waals surface area contributed by atoms with Gasteiger partial charge in [-0.25, -0.2) is 0 Å². The van der Waals surface area contributed by atoms with Gasteiger partial charge in [-0.3, -0.25) is 0 Å². The number of benzene rings is 1. The largest absolute Gasteiger partial charge is 0.381 e. The van der Waals surface area contributed by atoms with Gasteiger partial charge in [0.05, 0.1) is 18.3 Å². The number of ether oxygens (including phenoxy) is 2. The Balaban J connectivity index is 1.94. The molecule has 0 amide bonds. The highest BCUT2D eigenvalue weighted by Gasteiger charge is 2.25. The van der Waals surface area contributed by atoms with E-state index in [0.717, 1.165) is 10.8 Å². The van der Waals surface area contributed by atoms with E-state index in [1.54, 1.807) is 7.11 Å². The molecule has 3 heteroatoms. The van der Waals surface area contributed by atoms with Gasteiger partial charge >= 0.3 is 0 Å². The van der Waals surface area contributed by atoms with Crippen LogP contribution in [0.15, 0.2) is 30.3 Å². The van der Waals surface area contributed by atoms with Gasteiger partial charge in [-0.1, -0.05) is 52.9 Å². The molecule has 1 aromatic carbocycles. The number of alkyl halides is 1. The highest BCUT2D eigenvalue weighted by molar-refractivity contribution is 14.1. The molecule has 3 atom stereocenters. The van der Waals surface area contributed by atoms with E-state index in [0.29, 0.717) is 12.2 Å². The van der Waals surface area contributed by atoms with Crippen LogP contribution in [0.25, 0.3) is 0 Å². The summed E-state index contributed by atoms with van der Waals surface area (Å²) in [7, 11) is 1.81. The molecule has 0 aliphatic heterocycles. The molecule has 1 fully saturated rings. The molecule has 18 heavy (non-hydrogen) atoms. The Bertz CT molecular complexity index is 342. The maximum Gasteiger partial charge on any atom is 0.0918 e. The predicted octanol–water partition coefficient (Wildman–Crippen LogP) is 4.14. The number of rotatable bonds is 5. The molecule has 0 spiro atoms. The summed E-state index contributed by atoms with van der Waals surface area (Å²) in [6.07, 6.45) is 5.55. The number of halogens is 1. The summed E-state index contributed by atoms with van der Waals surface area (Å²) in [6, 6.07) is 10.5. The molecule has 0 heterocycles. The molecule has 1 aromatic rings. The summed E-state index contributed by atoms with van der Waals surface area (Å²) >= 11 is 2.41. The molecule has 0 saturated heterocycles. The lowest BCUT2D eigenvalue weighted by Gasteiger charge is -2.31. The molecule has 1 aliphatic rings. The Labute approximate surface area is 123 Å². The van der Waals surface area contributed by atoms with Crippen molar-refractivity contribution in [3.05, 3.63) is 35.9 Å². The fourth-order valence-corrected chi connectivity index (χ4v) is 3.26. The Morgan fingerprint density at radius 1 is 1.22 bits per heavy atom. The van der Waals surface area contributed by atoms with Gasteiger partial charge in [0.15, 0.2) is 0 Å². The maximum absolute atomic E-state index is 6.27. The van der Waals surface area contributed by atoms with E-state index < -0.39 is 0 Å². The average molecular weight is 360 g/mol. The van der Waals surface area contributed by atoms with Crippen molar-refractivity contribution in [1.29, 1.82) is 0 Å². The van der Waals surface area contributed by atoms with Crippen molar-refractivity contribution < 1.29 is 9.47 Å². The SMILES string of the molecule is COC1CCCC(OC(CI)c2ccccc2)C1. The predicted molar refractivity (Wildman–Crippen MR) is 82.2 cm³/mol. The highest BCUT2D eigenvalue weighted by Crippen LogP contribution is 2.29. The molecule has 2 nitrogen and oxygen atoms in total. The first-order valence-electron chi connectivity index (χ1n) is 6.62. The average Bonchev–Trinajstić information content (AvgIpc) is 2.46. The van der Waals surface area contributed by atoms with Crippen LogP contribution in [0.1, 0.15) is 37.4 Å². The third kappa shape index (κ3) is 3.93. The third-order valence-electron chi connectivity index (χ3n) is 3.58. The zero-order chi connectivity index (χ0) is 12.8. The Morgan fingerprint density at radius 3 is 2.61 bits per heavy atom. The minimum Gasteiger partial charge on any atom is -0.381 e. The number of methoxy groups -OCH3 is 1. The van der Waals surface area contributed by atoms with Crippen LogP contribution in [-0.4, -0.2) is 23.7 Å². The van der Waals surface area contributed by atoms with Crippen LogP contribution in [-0.2, 0) is 9.47 Å². The summed E-state index contributed by atoms with van der Waals surface area (Å²) < 4.78 is 12.7. The summed E-state index contributed by atoms with van der Waals surface area (Å²) in [5.74, 6) is 0. The monoisotopic (exact) mass is 360 g/mol. The Hall–Kier alpha value is -0.130. The smallest absolute Gasteiger partial charge is 0.0918 e. The van der Waals surface area contributed by atoms with Crippen LogP contribution in [0.3, 0.4) is 0 Å². The van der Waals surface area contributed by atoms with Crippen molar-refractivity contribution in [1.82, 2.24) is 0 Å². The molecule has 0 bridgehead atoms. The van der Waals surface area contributed by atoms with E-state index in [-0.39, 0.29) is 6.10 Å². The van der Waals surface area contributed by atoms with Gasteiger partial charge in [0, 0.05) is 11.5 Å². The van der Waals surface area contributed by atoms with Gasteiger partial charge in [0.25, 0.3) is 0 Å². The first kappa shape index (κ1) is 14.3. The zero-order valence-electron chi connectivity index (χ0n) is 10.8. The van der Waals surface area contributed by atoms with Crippen molar-refractivity contribution in [2.24, 2.45) is 0 Å². The molecule has 0 radical (unpaired) electrons. The second-order valence-electron chi connectivity index (χ2n) is 4.84. The second-order valence-corrected chi connectivity index (χ2v) is 5.72. The van der Waals surface area contributed by atoms with Crippen molar-refractivity contribution in [3.63, 3.8) is 0 Å². The van der Waals surface area contributed by atoms with Gasteiger partial charge in [-0.15, -0.1) is 0 Å². The molecular formula is C15H21IO2. The Morgan fingerprint density at radius 2 is 1.94 bits per heavy atom. The van der Waals surface area contributed by atoms with Crippen molar-refractivity contribution in [3.8, 4) is 0 Å². The van der Waals surface area contributed by atoms with Gasteiger partial charge in [-0.05, 0) is 31.2 Å². The van der Waals surface area contributed by atoms with Gasteiger partial charge in [-0.2, -0.15) is 0 Å². The summed E-state index contributed by atoms with van der Waals surface area (Å²) in [6.45, 7) is 0. The van der Waals surface area contributed by atoms with E-state index in [1.165, 1.54) is 24.8 Å². The van der Waals surface area contributed by atoms with Crippen LogP contribution >= 0.6 is 22.6 Å². The number of hydrogen-bond donors (Lipinski definition) is 0. The lowest BCUT2D eigenvalue weighted by atomic mass is 9.94. The van der Waals surface area contributed by atoms with Gasteiger partial charge in [0.2, 0.25) is 0 Å². The molecule has 3 unspecified atom stereocenters. The third-order valence-corrected chi connectivity index (χ3v) is 4.38. The minimum absolute atomic E-state index is 0.215.